The fourth-order valence-electron chi connectivity index (χ4n) is 4.58. The number of anilines is 1. The van der Waals surface area contributed by atoms with E-state index in [2.05, 4.69) is 46.4 Å². The Hall–Kier alpha value is -2.15. The van der Waals surface area contributed by atoms with E-state index in [0.29, 0.717) is 12.0 Å². The fourth-order valence-corrected chi connectivity index (χ4v) is 4.58. The van der Waals surface area contributed by atoms with Crippen molar-refractivity contribution in [3.05, 3.63) is 18.2 Å². The zero-order valence-electron chi connectivity index (χ0n) is 19.8. The molecule has 0 aliphatic carbocycles. The van der Waals surface area contributed by atoms with Crippen LogP contribution in [0.1, 0.15) is 39.5 Å². The lowest BCUT2D eigenvalue weighted by Crippen LogP contribution is -2.49. The Labute approximate surface area is 188 Å². The van der Waals surface area contributed by atoms with Gasteiger partial charge < -0.3 is 29.9 Å². The first-order valence-corrected chi connectivity index (χ1v) is 11.9. The molecule has 7 heteroatoms. The number of benzene rings is 1. The molecule has 2 N–H and O–H groups in total. The molecule has 1 aromatic carbocycles. The van der Waals surface area contributed by atoms with Crippen LogP contribution in [0.5, 0.6) is 11.5 Å². The standard InChI is InChI=1S/C24H41N5O2/c1-5-25-24(26-17-19-8-7-11-28(6-2)18-19)27-20-9-12-29(13-10-20)21-14-22(30-3)16-23(15-21)31-4/h14-16,19-20H,5-13,17-18H2,1-4H3,(H2,25,26,27). The van der Waals surface area contributed by atoms with Crippen LogP contribution < -0.4 is 25.0 Å². The number of rotatable bonds is 8. The zero-order chi connectivity index (χ0) is 22.1. The van der Waals surface area contributed by atoms with Gasteiger partial charge in [0.25, 0.3) is 0 Å². The van der Waals surface area contributed by atoms with Crippen LogP contribution in [0.15, 0.2) is 23.2 Å². The normalized spacial score (nSPS) is 21.1. The lowest BCUT2D eigenvalue weighted by atomic mass is 9.98. The largest absolute Gasteiger partial charge is 0.497 e. The molecule has 0 amide bonds. The van der Waals surface area contributed by atoms with Crippen molar-refractivity contribution in [2.45, 2.75) is 45.6 Å². The van der Waals surface area contributed by atoms with Gasteiger partial charge in [-0.25, -0.2) is 0 Å². The number of piperidine rings is 2. The van der Waals surface area contributed by atoms with E-state index in [1.54, 1.807) is 14.2 Å². The number of aliphatic imine (C=N–C) groups is 1. The Morgan fingerprint density at radius 2 is 1.74 bits per heavy atom. The summed E-state index contributed by atoms with van der Waals surface area (Å²) in [5, 5.41) is 7.13. The van der Waals surface area contributed by atoms with Crippen molar-refractivity contribution in [3.8, 4) is 11.5 Å². The molecule has 3 rings (SSSR count). The maximum atomic E-state index is 5.43. The Morgan fingerprint density at radius 1 is 1.03 bits per heavy atom. The molecule has 0 radical (unpaired) electrons. The molecular weight excluding hydrogens is 390 g/mol. The predicted octanol–water partition coefficient (Wildman–Crippen LogP) is 2.96. The van der Waals surface area contributed by atoms with E-state index in [1.165, 1.54) is 25.9 Å². The van der Waals surface area contributed by atoms with E-state index in [4.69, 9.17) is 14.5 Å². The summed E-state index contributed by atoms with van der Waals surface area (Å²) in [5.74, 6) is 3.31. The van der Waals surface area contributed by atoms with E-state index in [0.717, 1.165) is 68.7 Å². The van der Waals surface area contributed by atoms with Crippen LogP contribution in [0, 0.1) is 5.92 Å². The Kier molecular flexibility index (Phi) is 9.13. The molecule has 2 saturated heterocycles. The Balaban J connectivity index is 1.53. The van der Waals surface area contributed by atoms with Gasteiger partial charge in [-0.3, -0.25) is 4.99 Å². The average Bonchev–Trinajstić information content (AvgIpc) is 2.82. The average molecular weight is 432 g/mol. The van der Waals surface area contributed by atoms with Gasteiger partial charge in [0.15, 0.2) is 5.96 Å². The minimum absolute atomic E-state index is 0.444. The molecule has 174 valence electrons. The highest BCUT2D eigenvalue weighted by atomic mass is 16.5. The van der Waals surface area contributed by atoms with Crippen molar-refractivity contribution in [3.63, 3.8) is 0 Å². The Bertz CT molecular complexity index is 681. The summed E-state index contributed by atoms with van der Waals surface area (Å²) in [7, 11) is 3.40. The van der Waals surface area contributed by atoms with Crippen LogP contribution in [0.3, 0.4) is 0 Å². The van der Waals surface area contributed by atoms with Gasteiger partial charge in [-0.2, -0.15) is 0 Å². The molecule has 1 aromatic rings. The summed E-state index contributed by atoms with van der Waals surface area (Å²) >= 11 is 0. The number of likely N-dealkylation sites (tertiary alicyclic amines) is 1. The molecule has 2 heterocycles. The van der Waals surface area contributed by atoms with Crippen molar-refractivity contribution < 1.29 is 9.47 Å². The first-order valence-electron chi connectivity index (χ1n) is 11.9. The molecule has 0 aromatic heterocycles. The smallest absolute Gasteiger partial charge is 0.191 e. The Morgan fingerprint density at radius 3 is 2.35 bits per heavy atom. The number of hydrogen-bond acceptors (Lipinski definition) is 5. The topological polar surface area (TPSA) is 61.4 Å². The minimum Gasteiger partial charge on any atom is -0.497 e. The van der Waals surface area contributed by atoms with E-state index in [-0.39, 0.29) is 0 Å². The lowest BCUT2D eigenvalue weighted by Gasteiger charge is -2.35. The quantitative estimate of drug-likeness (QED) is 0.487. The van der Waals surface area contributed by atoms with Gasteiger partial charge >= 0.3 is 0 Å². The summed E-state index contributed by atoms with van der Waals surface area (Å²) in [6.45, 7) is 11.8. The monoisotopic (exact) mass is 431 g/mol. The van der Waals surface area contributed by atoms with E-state index < -0.39 is 0 Å². The summed E-state index contributed by atoms with van der Waals surface area (Å²) in [6.07, 6.45) is 4.75. The van der Waals surface area contributed by atoms with Crippen LogP contribution in [0.4, 0.5) is 5.69 Å². The van der Waals surface area contributed by atoms with Gasteiger partial charge in [0.1, 0.15) is 11.5 Å². The summed E-state index contributed by atoms with van der Waals surface area (Å²) in [4.78, 5) is 9.90. The third-order valence-electron chi connectivity index (χ3n) is 6.44. The second-order valence-electron chi connectivity index (χ2n) is 8.60. The van der Waals surface area contributed by atoms with Gasteiger partial charge in [-0.05, 0) is 51.6 Å². The third-order valence-corrected chi connectivity index (χ3v) is 6.44. The molecule has 2 fully saturated rings. The van der Waals surface area contributed by atoms with Gasteiger partial charge in [0, 0.05) is 62.7 Å². The second-order valence-corrected chi connectivity index (χ2v) is 8.60. The lowest BCUT2D eigenvalue weighted by molar-refractivity contribution is 0.186. The first-order chi connectivity index (χ1) is 15.1. The fraction of sp³-hybridized carbons (Fsp3) is 0.708. The summed E-state index contributed by atoms with van der Waals surface area (Å²) in [6, 6.07) is 6.54. The van der Waals surface area contributed by atoms with Crippen LogP contribution in [0.25, 0.3) is 0 Å². The number of nitrogens with zero attached hydrogens (tertiary/aromatic N) is 3. The molecule has 2 aliphatic rings. The van der Waals surface area contributed by atoms with Crippen molar-refractivity contribution in [1.82, 2.24) is 15.5 Å². The number of methoxy groups -OCH3 is 2. The third kappa shape index (κ3) is 6.92. The van der Waals surface area contributed by atoms with E-state index >= 15 is 0 Å². The van der Waals surface area contributed by atoms with Gasteiger partial charge in [-0.15, -0.1) is 0 Å². The number of ether oxygens (including phenoxy) is 2. The predicted molar refractivity (Wildman–Crippen MR) is 129 cm³/mol. The molecule has 1 atom stereocenters. The SMILES string of the molecule is CCNC(=NCC1CCCN(CC)C1)NC1CCN(c2cc(OC)cc(OC)c2)CC1. The highest BCUT2D eigenvalue weighted by molar-refractivity contribution is 5.80. The highest BCUT2D eigenvalue weighted by Crippen LogP contribution is 2.30. The highest BCUT2D eigenvalue weighted by Gasteiger charge is 2.22. The van der Waals surface area contributed by atoms with Gasteiger partial charge in [-0.1, -0.05) is 6.92 Å². The van der Waals surface area contributed by atoms with Crippen molar-refractivity contribution in [2.24, 2.45) is 10.9 Å². The first kappa shape index (κ1) is 23.5. The second kappa shape index (κ2) is 12.0. The molecule has 0 spiro atoms. The van der Waals surface area contributed by atoms with Crippen LogP contribution in [-0.2, 0) is 0 Å². The molecule has 7 nitrogen and oxygen atoms in total. The molecule has 0 bridgehead atoms. The summed E-state index contributed by atoms with van der Waals surface area (Å²) in [5.41, 5.74) is 1.16. The molecule has 0 saturated carbocycles. The van der Waals surface area contributed by atoms with Crippen LogP contribution >= 0.6 is 0 Å². The molecule has 1 unspecified atom stereocenters. The maximum Gasteiger partial charge on any atom is 0.191 e. The van der Waals surface area contributed by atoms with Crippen LogP contribution in [0.2, 0.25) is 0 Å². The molecule has 31 heavy (non-hydrogen) atoms. The van der Waals surface area contributed by atoms with Crippen LogP contribution in [-0.4, -0.2) is 76.9 Å². The molecular formula is C24H41N5O2. The zero-order valence-corrected chi connectivity index (χ0v) is 19.8. The molecule has 2 aliphatic heterocycles. The maximum absolute atomic E-state index is 5.43. The van der Waals surface area contributed by atoms with Crippen molar-refractivity contribution in [1.29, 1.82) is 0 Å². The number of guanidine groups is 1. The van der Waals surface area contributed by atoms with E-state index in [1.807, 2.05) is 6.07 Å². The van der Waals surface area contributed by atoms with Gasteiger partial charge in [0.05, 0.1) is 14.2 Å². The minimum atomic E-state index is 0.444. The number of hydrogen-bond donors (Lipinski definition) is 2. The van der Waals surface area contributed by atoms with E-state index in [9.17, 15) is 0 Å². The van der Waals surface area contributed by atoms with Crippen molar-refractivity contribution >= 4 is 11.6 Å². The number of nitrogens with one attached hydrogen (secondary N) is 2. The van der Waals surface area contributed by atoms with Crippen molar-refractivity contribution in [2.75, 3.05) is 64.9 Å². The van der Waals surface area contributed by atoms with Gasteiger partial charge in [0.2, 0.25) is 0 Å². The summed E-state index contributed by atoms with van der Waals surface area (Å²) < 4.78 is 10.9.